The van der Waals surface area contributed by atoms with Crippen molar-refractivity contribution in [1.29, 1.82) is 0 Å². The fourth-order valence-corrected chi connectivity index (χ4v) is 2.39. The summed E-state index contributed by atoms with van der Waals surface area (Å²) in [5.74, 6) is -3.22. The average Bonchev–Trinajstić information content (AvgIpc) is 2.32. The molecule has 0 fully saturated rings. The summed E-state index contributed by atoms with van der Waals surface area (Å²) in [5, 5.41) is 0. The van der Waals surface area contributed by atoms with Crippen molar-refractivity contribution in [3.63, 3.8) is 0 Å². The van der Waals surface area contributed by atoms with Crippen LogP contribution in [0.5, 0.6) is 0 Å². The first-order chi connectivity index (χ1) is 8.95. The molecule has 0 amide bonds. The average molecular weight is 333 g/mol. The molecule has 0 N–H and O–H groups in total. The van der Waals surface area contributed by atoms with Gasteiger partial charge in [0, 0.05) is 10.9 Å². The standard InChI is InChI=1S/C14H9BrF4/c15-12(9-5-10(16)7-11(17)6-9)3-8-1-2-13(18)14(19)4-8/h1-2,4-7,12H,3H2. The lowest BCUT2D eigenvalue weighted by Crippen LogP contribution is -1.98. The van der Waals surface area contributed by atoms with Crippen molar-refractivity contribution < 1.29 is 17.6 Å². The molecule has 2 aromatic rings. The topological polar surface area (TPSA) is 0 Å². The largest absolute Gasteiger partial charge is 0.207 e. The molecule has 19 heavy (non-hydrogen) atoms. The summed E-state index contributed by atoms with van der Waals surface area (Å²) in [6.45, 7) is 0. The molecule has 1 unspecified atom stereocenters. The van der Waals surface area contributed by atoms with Gasteiger partial charge in [0.15, 0.2) is 11.6 Å². The molecule has 5 heteroatoms. The zero-order chi connectivity index (χ0) is 14.0. The monoisotopic (exact) mass is 332 g/mol. The van der Waals surface area contributed by atoms with Gasteiger partial charge in [0.25, 0.3) is 0 Å². The fraction of sp³-hybridized carbons (Fsp3) is 0.143. The normalized spacial score (nSPS) is 12.5. The smallest absolute Gasteiger partial charge is 0.159 e. The zero-order valence-corrected chi connectivity index (χ0v) is 11.2. The molecule has 0 radical (unpaired) electrons. The zero-order valence-electron chi connectivity index (χ0n) is 9.64. The quantitative estimate of drug-likeness (QED) is 0.552. The molecule has 0 aromatic heterocycles. The van der Waals surface area contributed by atoms with Crippen molar-refractivity contribution in [2.45, 2.75) is 11.2 Å². The van der Waals surface area contributed by atoms with Gasteiger partial charge in [-0.15, -0.1) is 0 Å². The van der Waals surface area contributed by atoms with Gasteiger partial charge < -0.3 is 0 Å². The van der Waals surface area contributed by atoms with Gasteiger partial charge in [-0.25, -0.2) is 17.6 Å². The number of alkyl halides is 1. The van der Waals surface area contributed by atoms with Crippen LogP contribution in [0.15, 0.2) is 36.4 Å². The van der Waals surface area contributed by atoms with E-state index in [1.807, 2.05) is 0 Å². The molecule has 100 valence electrons. The van der Waals surface area contributed by atoms with Crippen LogP contribution in [0.3, 0.4) is 0 Å². The van der Waals surface area contributed by atoms with E-state index >= 15 is 0 Å². The molecule has 0 nitrogen and oxygen atoms in total. The summed E-state index contributed by atoms with van der Waals surface area (Å²) in [6, 6.07) is 6.70. The third kappa shape index (κ3) is 3.56. The Hall–Kier alpha value is -1.36. The van der Waals surface area contributed by atoms with Gasteiger partial charge >= 0.3 is 0 Å². The molecular formula is C14H9BrF4. The highest BCUT2D eigenvalue weighted by Crippen LogP contribution is 2.28. The number of hydrogen-bond acceptors (Lipinski definition) is 0. The van der Waals surface area contributed by atoms with Gasteiger partial charge in [-0.3, -0.25) is 0 Å². The van der Waals surface area contributed by atoms with Crippen LogP contribution < -0.4 is 0 Å². The fourth-order valence-electron chi connectivity index (χ4n) is 1.75. The Kier molecular flexibility index (Phi) is 4.24. The highest BCUT2D eigenvalue weighted by Gasteiger charge is 2.12. The SMILES string of the molecule is Fc1cc(F)cc(C(Br)Cc2ccc(F)c(F)c2)c1. The molecular weight excluding hydrogens is 324 g/mol. The van der Waals surface area contributed by atoms with E-state index in [1.54, 1.807) is 0 Å². The van der Waals surface area contributed by atoms with Crippen molar-refractivity contribution in [2.24, 2.45) is 0 Å². The number of hydrogen-bond donors (Lipinski definition) is 0. The van der Waals surface area contributed by atoms with Crippen LogP contribution in [-0.2, 0) is 6.42 Å². The minimum atomic E-state index is -0.942. The lowest BCUT2D eigenvalue weighted by atomic mass is 10.0. The molecule has 0 saturated carbocycles. The number of halogens is 5. The van der Waals surface area contributed by atoms with E-state index in [0.29, 0.717) is 17.5 Å². The lowest BCUT2D eigenvalue weighted by molar-refractivity contribution is 0.507. The molecule has 2 aromatic carbocycles. The van der Waals surface area contributed by atoms with E-state index in [1.165, 1.54) is 18.2 Å². The van der Waals surface area contributed by atoms with Crippen molar-refractivity contribution in [3.05, 3.63) is 70.8 Å². The Bertz CT molecular complexity index is 578. The van der Waals surface area contributed by atoms with E-state index in [2.05, 4.69) is 15.9 Å². The Morgan fingerprint density at radius 3 is 2.05 bits per heavy atom. The first-order valence-electron chi connectivity index (χ1n) is 5.49. The molecule has 2 rings (SSSR count). The van der Waals surface area contributed by atoms with Gasteiger partial charge in [0.1, 0.15) is 11.6 Å². The van der Waals surface area contributed by atoms with Crippen molar-refractivity contribution in [2.75, 3.05) is 0 Å². The van der Waals surface area contributed by atoms with E-state index in [9.17, 15) is 17.6 Å². The maximum atomic E-state index is 13.1. The van der Waals surface area contributed by atoms with Crippen molar-refractivity contribution >= 4 is 15.9 Å². The Morgan fingerprint density at radius 2 is 1.47 bits per heavy atom. The second kappa shape index (κ2) is 5.74. The maximum absolute atomic E-state index is 13.1. The van der Waals surface area contributed by atoms with E-state index in [0.717, 1.165) is 18.2 Å². The lowest BCUT2D eigenvalue weighted by Gasteiger charge is -2.11. The van der Waals surface area contributed by atoms with E-state index in [-0.39, 0.29) is 4.83 Å². The maximum Gasteiger partial charge on any atom is 0.159 e. The molecule has 1 atom stereocenters. The van der Waals surface area contributed by atoms with Gasteiger partial charge in [0.05, 0.1) is 0 Å². The van der Waals surface area contributed by atoms with Crippen LogP contribution in [0.1, 0.15) is 16.0 Å². The molecule has 0 aliphatic carbocycles. The highest BCUT2D eigenvalue weighted by atomic mass is 79.9. The summed E-state index contributed by atoms with van der Waals surface area (Å²) in [5.41, 5.74) is 0.938. The van der Waals surface area contributed by atoms with Crippen molar-refractivity contribution in [3.8, 4) is 0 Å². The van der Waals surface area contributed by atoms with E-state index < -0.39 is 23.3 Å². The summed E-state index contributed by atoms with van der Waals surface area (Å²) in [7, 11) is 0. The minimum Gasteiger partial charge on any atom is -0.207 e. The van der Waals surface area contributed by atoms with Crippen LogP contribution in [0.25, 0.3) is 0 Å². The second-order valence-corrected chi connectivity index (χ2v) is 5.23. The predicted molar refractivity (Wildman–Crippen MR) is 68.1 cm³/mol. The molecule has 0 spiro atoms. The summed E-state index contributed by atoms with van der Waals surface area (Å²) < 4.78 is 52.0. The van der Waals surface area contributed by atoms with Gasteiger partial charge in [-0.05, 0) is 41.8 Å². The number of benzene rings is 2. The molecule has 0 bridgehead atoms. The summed E-state index contributed by atoms with van der Waals surface area (Å²) in [6.07, 6.45) is 0.292. The first-order valence-corrected chi connectivity index (χ1v) is 6.41. The van der Waals surface area contributed by atoms with Crippen molar-refractivity contribution in [1.82, 2.24) is 0 Å². The molecule has 0 heterocycles. The second-order valence-electron chi connectivity index (χ2n) is 4.12. The summed E-state index contributed by atoms with van der Waals surface area (Å²) >= 11 is 3.28. The molecule has 0 aliphatic rings. The minimum absolute atomic E-state index is 0.292. The third-order valence-corrected chi connectivity index (χ3v) is 3.50. The first kappa shape index (κ1) is 14.1. The van der Waals surface area contributed by atoms with Gasteiger partial charge in [-0.1, -0.05) is 22.0 Å². The van der Waals surface area contributed by atoms with Crippen LogP contribution in [0, 0.1) is 23.3 Å². The van der Waals surface area contributed by atoms with Gasteiger partial charge in [-0.2, -0.15) is 0 Å². The predicted octanol–water partition coefficient (Wildman–Crippen LogP) is 4.92. The van der Waals surface area contributed by atoms with Crippen LogP contribution in [-0.4, -0.2) is 0 Å². The van der Waals surface area contributed by atoms with Crippen LogP contribution >= 0.6 is 15.9 Å². The van der Waals surface area contributed by atoms with E-state index in [4.69, 9.17) is 0 Å². The Balaban J connectivity index is 2.20. The summed E-state index contributed by atoms with van der Waals surface area (Å²) in [4.78, 5) is -0.387. The van der Waals surface area contributed by atoms with Crippen LogP contribution in [0.4, 0.5) is 17.6 Å². The Morgan fingerprint density at radius 1 is 0.842 bits per heavy atom. The third-order valence-electron chi connectivity index (χ3n) is 2.65. The van der Waals surface area contributed by atoms with Gasteiger partial charge in [0.2, 0.25) is 0 Å². The van der Waals surface area contributed by atoms with Crippen LogP contribution in [0.2, 0.25) is 0 Å². The Labute approximate surface area is 116 Å². The number of rotatable bonds is 3. The molecule has 0 saturated heterocycles. The molecule has 0 aliphatic heterocycles. The highest BCUT2D eigenvalue weighted by molar-refractivity contribution is 9.09.